The summed E-state index contributed by atoms with van der Waals surface area (Å²) >= 11 is 0. The highest BCUT2D eigenvalue weighted by atomic mass is 16.5. The number of carbonyl (C=O) groups is 2. The van der Waals surface area contributed by atoms with Crippen LogP contribution in [0.4, 0.5) is 0 Å². The Kier molecular flexibility index (Phi) is 6.99. The predicted octanol–water partition coefficient (Wildman–Crippen LogP) is 3.29. The molecule has 9 nitrogen and oxygen atoms in total. The maximum atomic E-state index is 13.2. The van der Waals surface area contributed by atoms with E-state index in [2.05, 4.69) is 15.6 Å². The Morgan fingerprint density at radius 1 is 1.08 bits per heavy atom. The van der Waals surface area contributed by atoms with Gasteiger partial charge in [0.25, 0.3) is 5.91 Å². The summed E-state index contributed by atoms with van der Waals surface area (Å²) in [5, 5.41) is 11.5. The molecule has 2 atom stereocenters. The molecule has 36 heavy (non-hydrogen) atoms. The Morgan fingerprint density at radius 3 is 2.50 bits per heavy atom. The van der Waals surface area contributed by atoms with E-state index in [-0.39, 0.29) is 36.5 Å². The monoisotopic (exact) mass is 489 g/mol. The van der Waals surface area contributed by atoms with Gasteiger partial charge in [-0.25, -0.2) is 4.68 Å². The second kappa shape index (κ2) is 10.5. The number of benzene rings is 2. The van der Waals surface area contributed by atoms with Gasteiger partial charge in [0.15, 0.2) is 5.69 Å². The van der Waals surface area contributed by atoms with Gasteiger partial charge in [-0.2, -0.15) is 0 Å². The second-order valence-corrected chi connectivity index (χ2v) is 9.35. The number of aromatic nitrogens is 3. The molecule has 1 saturated heterocycles. The van der Waals surface area contributed by atoms with Crippen LogP contribution in [0.15, 0.2) is 54.6 Å². The molecule has 0 radical (unpaired) electrons. The number of nitrogens with zero attached hydrogens (tertiary/aromatic N) is 4. The normalized spacial score (nSPS) is 18.8. The Balaban J connectivity index is 1.16. The third kappa shape index (κ3) is 4.97. The lowest BCUT2D eigenvalue weighted by atomic mass is 9.95. The fraction of sp³-hybridized carbons (Fsp3) is 0.407. The Hall–Kier alpha value is -3.72. The Morgan fingerprint density at radius 2 is 1.81 bits per heavy atom. The van der Waals surface area contributed by atoms with E-state index in [0.29, 0.717) is 43.9 Å². The maximum absolute atomic E-state index is 13.2. The number of methoxy groups -OCH3 is 1. The van der Waals surface area contributed by atoms with Gasteiger partial charge in [-0.15, -0.1) is 5.10 Å². The zero-order valence-corrected chi connectivity index (χ0v) is 20.6. The van der Waals surface area contributed by atoms with Gasteiger partial charge in [0, 0.05) is 19.0 Å². The molecular weight excluding hydrogens is 458 g/mol. The summed E-state index contributed by atoms with van der Waals surface area (Å²) < 4.78 is 13.0. The molecular formula is C27H31N5O4. The molecule has 0 bridgehead atoms. The number of ether oxygens (including phenoxy) is 2. The molecule has 0 spiro atoms. The highest BCUT2D eigenvalue weighted by Crippen LogP contribution is 2.29. The van der Waals surface area contributed by atoms with Gasteiger partial charge in [0.1, 0.15) is 11.9 Å². The molecule has 1 N–H and O–H groups in total. The molecule has 1 aromatic heterocycles. The first-order chi connectivity index (χ1) is 17.5. The molecule has 9 heteroatoms. The van der Waals surface area contributed by atoms with Gasteiger partial charge < -0.3 is 19.7 Å². The van der Waals surface area contributed by atoms with Crippen LogP contribution in [0, 0.1) is 5.92 Å². The van der Waals surface area contributed by atoms with E-state index in [9.17, 15) is 9.59 Å². The van der Waals surface area contributed by atoms with Gasteiger partial charge in [-0.1, -0.05) is 47.7 Å². The van der Waals surface area contributed by atoms with Gasteiger partial charge in [0.05, 0.1) is 32.0 Å². The van der Waals surface area contributed by atoms with Crippen molar-refractivity contribution in [3.63, 3.8) is 0 Å². The number of nitrogens with one attached hydrogen (secondary N) is 1. The number of likely N-dealkylation sites (tertiary alicyclic amines) is 1. The fourth-order valence-corrected chi connectivity index (χ4v) is 4.85. The van der Waals surface area contributed by atoms with Crippen LogP contribution >= 0.6 is 0 Å². The summed E-state index contributed by atoms with van der Waals surface area (Å²) in [5.41, 5.74) is 3.13. The number of hydrogen-bond acceptors (Lipinski definition) is 6. The van der Waals surface area contributed by atoms with Crippen molar-refractivity contribution < 1.29 is 19.1 Å². The summed E-state index contributed by atoms with van der Waals surface area (Å²) in [6.45, 7) is 3.77. The first-order valence-electron chi connectivity index (χ1n) is 12.4. The van der Waals surface area contributed by atoms with Crippen molar-refractivity contribution in [1.29, 1.82) is 0 Å². The number of hydrogen-bond donors (Lipinski definition) is 1. The van der Waals surface area contributed by atoms with Gasteiger partial charge in [-0.3, -0.25) is 9.59 Å². The van der Waals surface area contributed by atoms with Crippen molar-refractivity contribution >= 4 is 11.8 Å². The average Bonchev–Trinajstić information content (AvgIpc) is 3.36. The van der Waals surface area contributed by atoms with Crippen molar-refractivity contribution in [2.24, 2.45) is 5.92 Å². The quantitative estimate of drug-likeness (QED) is 0.571. The zero-order chi connectivity index (χ0) is 25.1. The van der Waals surface area contributed by atoms with E-state index < -0.39 is 0 Å². The van der Waals surface area contributed by atoms with Gasteiger partial charge in [-0.05, 0) is 43.0 Å². The molecule has 5 rings (SSSR count). The van der Waals surface area contributed by atoms with Crippen molar-refractivity contribution in [1.82, 2.24) is 25.2 Å². The lowest BCUT2D eigenvalue weighted by Crippen LogP contribution is -2.43. The topological polar surface area (TPSA) is 98.6 Å². The summed E-state index contributed by atoms with van der Waals surface area (Å²) in [4.78, 5) is 27.8. The molecule has 0 saturated carbocycles. The Bertz CT molecular complexity index is 1200. The molecule has 2 aliphatic rings. The molecule has 2 aliphatic heterocycles. The third-order valence-corrected chi connectivity index (χ3v) is 7.10. The number of carbonyl (C=O) groups excluding carboxylic acids is 2. The van der Waals surface area contributed by atoms with Crippen LogP contribution in [0.25, 0.3) is 0 Å². The highest BCUT2D eigenvalue weighted by molar-refractivity contribution is 5.93. The maximum Gasteiger partial charge on any atom is 0.276 e. The minimum atomic E-state index is -0.166. The van der Waals surface area contributed by atoms with Crippen LogP contribution in [0.3, 0.4) is 0 Å². The van der Waals surface area contributed by atoms with Crippen LogP contribution in [0.2, 0.25) is 0 Å². The zero-order valence-electron chi connectivity index (χ0n) is 20.6. The van der Waals surface area contributed by atoms with Crippen molar-refractivity contribution in [2.75, 3.05) is 20.2 Å². The van der Waals surface area contributed by atoms with Crippen LogP contribution in [0.5, 0.6) is 5.75 Å². The molecule has 2 amide bonds. The van der Waals surface area contributed by atoms with Gasteiger partial charge in [0.2, 0.25) is 5.91 Å². The van der Waals surface area contributed by atoms with E-state index in [1.807, 2.05) is 61.5 Å². The van der Waals surface area contributed by atoms with Crippen LogP contribution in [0.1, 0.15) is 59.2 Å². The van der Waals surface area contributed by atoms with E-state index in [4.69, 9.17) is 9.47 Å². The minimum Gasteiger partial charge on any atom is -0.497 e. The van der Waals surface area contributed by atoms with Gasteiger partial charge >= 0.3 is 0 Å². The molecule has 1 fully saturated rings. The molecule has 0 aliphatic carbocycles. The SMILES string of the molecule is COc1ccc([C@H]2Cn3nnc(C(=O)N4CCC(C(=O)N[C@H](C)c5ccccc5)CC4)c3CO2)cc1. The van der Waals surface area contributed by atoms with Crippen LogP contribution < -0.4 is 10.1 Å². The van der Waals surface area contributed by atoms with Crippen molar-refractivity contribution in [2.45, 2.75) is 45.1 Å². The van der Waals surface area contributed by atoms with E-state index in [1.54, 1.807) is 16.7 Å². The first-order valence-corrected chi connectivity index (χ1v) is 12.4. The minimum absolute atomic E-state index is 0.0393. The standard InChI is InChI=1S/C27H31N5O4/c1-18(19-6-4-3-5-7-19)28-26(33)21-12-14-31(15-13-21)27(34)25-23-17-36-24(16-32(23)30-29-25)20-8-10-22(35-2)11-9-20/h3-11,18,21,24H,12-17H2,1-2H3,(H,28,33)/t18-,24-/m1/s1. The predicted molar refractivity (Wildman–Crippen MR) is 132 cm³/mol. The van der Waals surface area contributed by atoms with E-state index in [0.717, 1.165) is 16.9 Å². The van der Waals surface area contributed by atoms with Crippen molar-refractivity contribution in [3.8, 4) is 5.75 Å². The number of fused-ring (bicyclic) bond motifs is 1. The fourth-order valence-electron chi connectivity index (χ4n) is 4.85. The van der Waals surface area contributed by atoms with E-state index >= 15 is 0 Å². The third-order valence-electron chi connectivity index (χ3n) is 7.10. The molecule has 2 aromatic carbocycles. The Labute approximate surface area is 210 Å². The summed E-state index contributed by atoms with van der Waals surface area (Å²) in [6.07, 6.45) is 1.08. The molecule has 188 valence electrons. The summed E-state index contributed by atoms with van der Waals surface area (Å²) in [6, 6.07) is 17.6. The smallest absolute Gasteiger partial charge is 0.276 e. The van der Waals surface area contributed by atoms with Crippen LogP contribution in [-0.2, 0) is 22.7 Å². The lowest BCUT2D eigenvalue weighted by Gasteiger charge is -2.32. The first kappa shape index (κ1) is 24.0. The average molecular weight is 490 g/mol. The summed E-state index contributed by atoms with van der Waals surface area (Å²) in [7, 11) is 1.64. The second-order valence-electron chi connectivity index (χ2n) is 9.35. The van der Waals surface area contributed by atoms with E-state index in [1.165, 1.54) is 0 Å². The number of piperidine rings is 1. The lowest BCUT2D eigenvalue weighted by molar-refractivity contribution is -0.127. The number of amides is 2. The highest BCUT2D eigenvalue weighted by Gasteiger charge is 2.33. The van der Waals surface area contributed by atoms with Crippen molar-refractivity contribution in [3.05, 3.63) is 77.1 Å². The number of rotatable bonds is 6. The van der Waals surface area contributed by atoms with Crippen LogP contribution in [-0.4, -0.2) is 51.9 Å². The molecule has 3 aromatic rings. The largest absolute Gasteiger partial charge is 0.497 e. The summed E-state index contributed by atoms with van der Waals surface area (Å²) in [5.74, 6) is 0.565. The molecule has 0 unspecified atom stereocenters. The molecule has 3 heterocycles.